The van der Waals surface area contributed by atoms with Crippen LogP contribution < -0.4 is 0 Å². The first-order chi connectivity index (χ1) is 12.8. The Bertz CT molecular complexity index is 951. The molecule has 1 aliphatic carbocycles. The third kappa shape index (κ3) is 3.89. The molecule has 0 fully saturated rings. The van der Waals surface area contributed by atoms with Crippen molar-refractivity contribution in [2.24, 2.45) is 11.3 Å². The van der Waals surface area contributed by atoms with E-state index in [1.807, 2.05) is 103 Å². The van der Waals surface area contributed by atoms with Crippen molar-refractivity contribution < 1.29 is 0 Å². The Morgan fingerprint density at radius 3 is 2.00 bits per heavy atom. The number of nitrogens with zero attached hydrogens (tertiary/aromatic N) is 2. The van der Waals surface area contributed by atoms with Gasteiger partial charge in [-0.05, 0) is 16.7 Å². The summed E-state index contributed by atoms with van der Waals surface area (Å²) in [6, 6.07) is 24.4. The van der Waals surface area contributed by atoms with Crippen molar-refractivity contribution in [2.45, 2.75) is 0 Å². The number of benzene rings is 2. The highest BCUT2D eigenvalue weighted by atomic mass is 14.4. The molecule has 0 amide bonds. The highest BCUT2D eigenvalue weighted by Crippen LogP contribution is 2.37. The molecule has 2 unspecified atom stereocenters. The van der Waals surface area contributed by atoms with Gasteiger partial charge in [0.05, 0.1) is 18.1 Å². The van der Waals surface area contributed by atoms with Crippen molar-refractivity contribution in [3.63, 3.8) is 0 Å². The highest BCUT2D eigenvalue weighted by molar-refractivity contribution is 5.58. The lowest BCUT2D eigenvalue weighted by Crippen LogP contribution is -2.24. The maximum Gasteiger partial charge on any atom is 0.113 e. The summed E-state index contributed by atoms with van der Waals surface area (Å²) < 4.78 is 0. The molecule has 124 valence electrons. The largest absolute Gasteiger partial charge is 0.198 e. The molecular formula is C24H18N2. The van der Waals surface area contributed by atoms with Crippen LogP contribution in [0.2, 0.25) is 0 Å². The summed E-state index contributed by atoms with van der Waals surface area (Å²) in [6.07, 6.45) is 13.3. The Kier molecular flexibility index (Phi) is 5.28. The first-order valence-electron chi connectivity index (χ1n) is 8.45. The van der Waals surface area contributed by atoms with Gasteiger partial charge in [0.25, 0.3) is 0 Å². The van der Waals surface area contributed by atoms with Crippen LogP contribution in [-0.4, -0.2) is 0 Å². The molecule has 2 heteroatoms. The number of nitriles is 2. The molecule has 2 aromatic carbocycles. The van der Waals surface area contributed by atoms with Crippen LogP contribution >= 0.6 is 0 Å². The van der Waals surface area contributed by atoms with Crippen LogP contribution in [0.1, 0.15) is 11.1 Å². The Hall–Kier alpha value is -3.62. The zero-order valence-corrected chi connectivity index (χ0v) is 14.3. The van der Waals surface area contributed by atoms with Gasteiger partial charge in [0.15, 0.2) is 0 Å². The van der Waals surface area contributed by atoms with Gasteiger partial charge < -0.3 is 0 Å². The second kappa shape index (κ2) is 7.97. The number of hydrogen-bond acceptors (Lipinski definition) is 2. The van der Waals surface area contributed by atoms with E-state index in [1.54, 1.807) is 0 Å². The maximum absolute atomic E-state index is 9.76. The molecule has 2 atom stereocenters. The molecule has 26 heavy (non-hydrogen) atoms. The summed E-state index contributed by atoms with van der Waals surface area (Å²) in [5.41, 5.74) is 2.08. The van der Waals surface area contributed by atoms with Gasteiger partial charge in [0.1, 0.15) is 5.41 Å². The normalized spacial score (nSPS) is 22.1. The van der Waals surface area contributed by atoms with E-state index < -0.39 is 11.3 Å². The zero-order chi connectivity index (χ0) is 18.2. The molecule has 0 heterocycles. The van der Waals surface area contributed by atoms with Crippen LogP contribution in [-0.2, 0) is 0 Å². The number of hydrogen-bond donors (Lipinski definition) is 0. The third-order valence-corrected chi connectivity index (χ3v) is 4.38. The standard InChI is InChI=1S/C24H18N2/c25-18-23-17-22(12-11-20-7-3-1-4-8-20)14-16-24(23,19-26)15-13-21-9-5-2-6-10-21/h1-17,23H/b12-11+,15-13+. The first kappa shape index (κ1) is 17.2. The van der Waals surface area contributed by atoms with E-state index in [2.05, 4.69) is 12.1 Å². The van der Waals surface area contributed by atoms with Gasteiger partial charge in [-0.15, -0.1) is 0 Å². The van der Waals surface area contributed by atoms with Crippen molar-refractivity contribution in [1.82, 2.24) is 0 Å². The summed E-state index contributed by atoms with van der Waals surface area (Å²) >= 11 is 0. The zero-order valence-electron chi connectivity index (χ0n) is 14.3. The Labute approximate surface area is 154 Å². The molecule has 0 saturated heterocycles. The molecule has 2 aromatic rings. The lowest BCUT2D eigenvalue weighted by atomic mass is 9.72. The highest BCUT2D eigenvalue weighted by Gasteiger charge is 2.35. The molecule has 0 radical (unpaired) electrons. The van der Waals surface area contributed by atoms with Gasteiger partial charge >= 0.3 is 0 Å². The Morgan fingerprint density at radius 1 is 0.808 bits per heavy atom. The van der Waals surface area contributed by atoms with E-state index in [0.29, 0.717) is 0 Å². The van der Waals surface area contributed by atoms with E-state index in [1.165, 1.54) is 0 Å². The van der Waals surface area contributed by atoms with Crippen LogP contribution in [0.25, 0.3) is 12.2 Å². The molecule has 2 nitrogen and oxygen atoms in total. The van der Waals surface area contributed by atoms with Crippen LogP contribution in [0.5, 0.6) is 0 Å². The summed E-state index contributed by atoms with van der Waals surface area (Å²) in [5, 5.41) is 19.4. The topological polar surface area (TPSA) is 47.6 Å². The van der Waals surface area contributed by atoms with E-state index in [-0.39, 0.29) is 0 Å². The Morgan fingerprint density at radius 2 is 1.42 bits per heavy atom. The Balaban J connectivity index is 1.84. The predicted octanol–water partition coefficient (Wildman–Crippen LogP) is 5.56. The smallest absolute Gasteiger partial charge is 0.113 e. The van der Waals surface area contributed by atoms with Crippen molar-refractivity contribution >= 4 is 12.2 Å². The van der Waals surface area contributed by atoms with E-state index in [9.17, 15) is 10.5 Å². The predicted molar refractivity (Wildman–Crippen MR) is 105 cm³/mol. The molecule has 0 bridgehead atoms. The molecule has 0 N–H and O–H groups in total. The minimum absolute atomic E-state index is 0.534. The fraction of sp³-hybridized carbons (Fsp3) is 0.0833. The maximum atomic E-state index is 9.76. The van der Waals surface area contributed by atoms with Crippen molar-refractivity contribution in [3.05, 3.63) is 108 Å². The molecule has 0 aromatic heterocycles. The van der Waals surface area contributed by atoms with Crippen LogP contribution in [0, 0.1) is 34.0 Å². The summed E-state index contributed by atoms with van der Waals surface area (Å²) in [7, 11) is 0. The molecule has 0 saturated carbocycles. The van der Waals surface area contributed by atoms with E-state index in [4.69, 9.17) is 0 Å². The summed E-state index contributed by atoms with van der Waals surface area (Å²) in [4.78, 5) is 0. The average Bonchev–Trinajstić information content (AvgIpc) is 2.72. The third-order valence-electron chi connectivity index (χ3n) is 4.38. The minimum Gasteiger partial charge on any atom is -0.198 e. The summed E-state index contributed by atoms with van der Waals surface area (Å²) in [5.74, 6) is -0.534. The van der Waals surface area contributed by atoms with Gasteiger partial charge in [-0.3, -0.25) is 0 Å². The summed E-state index contributed by atoms with van der Waals surface area (Å²) in [6.45, 7) is 0. The number of rotatable bonds is 4. The quantitative estimate of drug-likeness (QED) is 0.735. The van der Waals surface area contributed by atoms with Crippen molar-refractivity contribution in [3.8, 4) is 12.1 Å². The van der Waals surface area contributed by atoms with Gasteiger partial charge in [-0.2, -0.15) is 10.5 Å². The molecule has 0 spiro atoms. The SMILES string of the molecule is N#CC1C=C(/C=C/c2ccccc2)C=CC1(C#N)/C=C/c1ccccc1. The monoisotopic (exact) mass is 334 g/mol. The van der Waals surface area contributed by atoms with Crippen LogP contribution in [0.15, 0.2) is 96.6 Å². The molecular weight excluding hydrogens is 316 g/mol. The molecule has 1 aliphatic rings. The lowest BCUT2D eigenvalue weighted by molar-refractivity contribution is 0.544. The fourth-order valence-electron chi connectivity index (χ4n) is 2.84. The lowest BCUT2D eigenvalue weighted by Gasteiger charge is -2.26. The van der Waals surface area contributed by atoms with Gasteiger partial charge in [-0.25, -0.2) is 0 Å². The van der Waals surface area contributed by atoms with Crippen molar-refractivity contribution in [2.75, 3.05) is 0 Å². The second-order valence-corrected chi connectivity index (χ2v) is 6.14. The van der Waals surface area contributed by atoms with Gasteiger partial charge in [0, 0.05) is 0 Å². The first-order valence-corrected chi connectivity index (χ1v) is 8.45. The van der Waals surface area contributed by atoms with Gasteiger partial charge in [0.2, 0.25) is 0 Å². The fourth-order valence-corrected chi connectivity index (χ4v) is 2.84. The minimum atomic E-state index is -0.950. The van der Waals surface area contributed by atoms with Crippen LogP contribution in [0.3, 0.4) is 0 Å². The number of allylic oxidation sites excluding steroid dienone is 6. The second-order valence-electron chi connectivity index (χ2n) is 6.14. The van der Waals surface area contributed by atoms with E-state index in [0.717, 1.165) is 16.7 Å². The molecule has 3 rings (SSSR count). The van der Waals surface area contributed by atoms with Gasteiger partial charge in [-0.1, -0.05) is 103 Å². The van der Waals surface area contributed by atoms with Crippen LogP contribution in [0.4, 0.5) is 0 Å². The van der Waals surface area contributed by atoms with E-state index >= 15 is 0 Å². The molecule has 0 aliphatic heterocycles. The van der Waals surface area contributed by atoms with Crippen molar-refractivity contribution in [1.29, 1.82) is 10.5 Å². The average molecular weight is 334 g/mol.